The fraction of sp³-hybridized carbons (Fsp3) is 0.900. The van der Waals surface area contributed by atoms with Crippen molar-refractivity contribution in [2.45, 2.75) is 39.2 Å². The van der Waals surface area contributed by atoms with Gasteiger partial charge >= 0.3 is 5.97 Å². The molecule has 1 saturated heterocycles. The predicted molar refractivity (Wildman–Crippen MR) is 51.7 cm³/mol. The lowest BCUT2D eigenvalue weighted by Gasteiger charge is -2.31. The van der Waals surface area contributed by atoms with Crippen molar-refractivity contribution in [3.63, 3.8) is 0 Å². The molecule has 76 valence electrons. The minimum Gasteiger partial charge on any atom is -0.481 e. The second kappa shape index (κ2) is 3.66. The van der Waals surface area contributed by atoms with Crippen molar-refractivity contribution in [1.29, 1.82) is 0 Å². The molecule has 0 spiro atoms. The molecule has 1 fully saturated rings. The van der Waals surface area contributed by atoms with Gasteiger partial charge < -0.3 is 5.11 Å². The first-order valence-electron chi connectivity index (χ1n) is 4.86. The standard InChI is InChI=1S/C10H19NO2/c1-10(2,3)11-5-4-8(7-11)6-9(12)13/h8H,4-7H2,1-3H3,(H,12,13). The van der Waals surface area contributed by atoms with Gasteiger partial charge in [-0.05, 0) is 39.7 Å². The second-order valence-corrected chi connectivity index (χ2v) is 4.87. The molecular weight excluding hydrogens is 166 g/mol. The van der Waals surface area contributed by atoms with Crippen LogP contribution in [0.2, 0.25) is 0 Å². The summed E-state index contributed by atoms with van der Waals surface area (Å²) in [7, 11) is 0. The van der Waals surface area contributed by atoms with E-state index in [0.29, 0.717) is 12.3 Å². The average molecular weight is 185 g/mol. The normalized spacial score (nSPS) is 25.0. The average Bonchev–Trinajstić information content (AvgIpc) is 2.32. The third-order valence-electron chi connectivity index (χ3n) is 2.70. The van der Waals surface area contributed by atoms with Crippen LogP contribution in [0.3, 0.4) is 0 Å². The number of nitrogens with zero attached hydrogens (tertiary/aromatic N) is 1. The Labute approximate surface area is 79.7 Å². The zero-order chi connectivity index (χ0) is 10.1. The number of carboxylic acids is 1. The minimum absolute atomic E-state index is 0.188. The Morgan fingerprint density at radius 1 is 1.54 bits per heavy atom. The van der Waals surface area contributed by atoms with Crippen molar-refractivity contribution >= 4 is 5.97 Å². The van der Waals surface area contributed by atoms with Gasteiger partial charge in [0, 0.05) is 18.5 Å². The molecule has 3 heteroatoms. The summed E-state index contributed by atoms with van der Waals surface area (Å²) in [6.45, 7) is 8.51. The molecule has 13 heavy (non-hydrogen) atoms. The van der Waals surface area contributed by atoms with E-state index in [9.17, 15) is 4.79 Å². The first-order chi connectivity index (χ1) is 5.89. The Morgan fingerprint density at radius 2 is 2.15 bits per heavy atom. The van der Waals surface area contributed by atoms with E-state index >= 15 is 0 Å². The van der Waals surface area contributed by atoms with Crippen LogP contribution in [0, 0.1) is 5.92 Å². The van der Waals surface area contributed by atoms with Gasteiger partial charge in [-0.2, -0.15) is 0 Å². The van der Waals surface area contributed by atoms with E-state index in [1.165, 1.54) is 0 Å². The van der Waals surface area contributed by atoms with Gasteiger partial charge in [0.25, 0.3) is 0 Å². The molecule has 0 saturated carbocycles. The lowest BCUT2D eigenvalue weighted by molar-refractivity contribution is -0.138. The van der Waals surface area contributed by atoms with Gasteiger partial charge in [-0.15, -0.1) is 0 Å². The number of hydrogen-bond acceptors (Lipinski definition) is 2. The molecule has 0 radical (unpaired) electrons. The molecule has 0 amide bonds. The van der Waals surface area contributed by atoms with Gasteiger partial charge in [-0.3, -0.25) is 9.69 Å². The smallest absolute Gasteiger partial charge is 0.303 e. The molecule has 0 aromatic heterocycles. The number of hydrogen-bond donors (Lipinski definition) is 1. The molecule has 1 heterocycles. The molecule has 0 aromatic rings. The van der Waals surface area contributed by atoms with E-state index in [1.54, 1.807) is 0 Å². The minimum atomic E-state index is -0.666. The van der Waals surface area contributed by atoms with Crippen molar-refractivity contribution < 1.29 is 9.90 Å². The molecule has 1 aliphatic rings. The Kier molecular flexibility index (Phi) is 2.96. The number of rotatable bonds is 2. The van der Waals surface area contributed by atoms with Crippen LogP contribution >= 0.6 is 0 Å². The van der Waals surface area contributed by atoms with Gasteiger partial charge in [-0.1, -0.05) is 0 Å². The van der Waals surface area contributed by atoms with E-state index in [4.69, 9.17) is 5.11 Å². The van der Waals surface area contributed by atoms with E-state index in [0.717, 1.165) is 19.5 Å². The van der Waals surface area contributed by atoms with Gasteiger partial charge in [0.05, 0.1) is 0 Å². The highest BCUT2D eigenvalue weighted by atomic mass is 16.4. The summed E-state index contributed by atoms with van der Waals surface area (Å²) < 4.78 is 0. The number of carboxylic acid groups (broad SMARTS) is 1. The van der Waals surface area contributed by atoms with E-state index in [1.807, 2.05) is 0 Å². The lowest BCUT2D eigenvalue weighted by Crippen LogP contribution is -2.39. The molecular formula is C10H19NO2. The van der Waals surface area contributed by atoms with Crippen LogP contribution in [0.5, 0.6) is 0 Å². The van der Waals surface area contributed by atoms with E-state index in [2.05, 4.69) is 25.7 Å². The first kappa shape index (κ1) is 10.5. The van der Waals surface area contributed by atoms with Crippen LogP contribution in [-0.4, -0.2) is 34.6 Å². The van der Waals surface area contributed by atoms with Gasteiger partial charge in [-0.25, -0.2) is 0 Å². The Balaban J connectivity index is 2.41. The molecule has 1 N–H and O–H groups in total. The van der Waals surface area contributed by atoms with Crippen LogP contribution in [0.25, 0.3) is 0 Å². The molecule has 0 bridgehead atoms. The maximum absolute atomic E-state index is 10.5. The monoisotopic (exact) mass is 185 g/mol. The summed E-state index contributed by atoms with van der Waals surface area (Å²) in [5.41, 5.74) is 0.188. The largest absolute Gasteiger partial charge is 0.481 e. The van der Waals surface area contributed by atoms with Crippen LogP contribution in [0.1, 0.15) is 33.6 Å². The van der Waals surface area contributed by atoms with Crippen LogP contribution in [0.4, 0.5) is 0 Å². The van der Waals surface area contributed by atoms with Crippen molar-refractivity contribution in [2.24, 2.45) is 5.92 Å². The van der Waals surface area contributed by atoms with E-state index < -0.39 is 5.97 Å². The molecule has 1 aliphatic heterocycles. The number of carbonyl (C=O) groups is 1. The Bertz CT molecular complexity index is 196. The predicted octanol–water partition coefficient (Wildman–Crippen LogP) is 1.58. The van der Waals surface area contributed by atoms with Crippen LogP contribution < -0.4 is 0 Å². The van der Waals surface area contributed by atoms with Crippen molar-refractivity contribution in [1.82, 2.24) is 4.90 Å². The van der Waals surface area contributed by atoms with Gasteiger partial charge in [0.1, 0.15) is 0 Å². The Hall–Kier alpha value is -0.570. The number of likely N-dealkylation sites (tertiary alicyclic amines) is 1. The van der Waals surface area contributed by atoms with Crippen LogP contribution in [-0.2, 0) is 4.79 Å². The highest BCUT2D eigenvalue weighted by molar-refractivity contribution is 5.67. The van der Waals surface area contributed by atoms with Crippen molar-refractivity contribution in [3.05, 3.63) is 0 Å². The third kappa shape index (κ3) is 2.99. The summed E-state index contributed by atoms with van der Waals surface area (Å²) in [6, 6.07) is 0. The summed E-state index contributed by atoms with van der Waals surface area (Å²) >= 11 is 0. The summed E-state index contributed by atoms with van der Waals surface area (Å²) in [4.78, 5) is 12.9. The highest BCUT2D eigenvalue weighted by Crippen LogP contribution is 2.26. The third-order valence-corrected chi connectivity index (χ3v) is 2.70. The quantitative estimate of drug-likeness (QED) is 0.710. The molecule has 3 nitrogen and oxygen atoms in total. The molecule has 0 aromatic carbocycles. The molecule has 1 atom stereocenters. The Morgan fingerprint density at radius 3 is 2.54 bits per heavy atom. The molecule has 1 rings (SSSR count). The zero-order valence-corrected chi connectivity index (χ0v) is 8.71. The lowest BCUT2D eigenvalue weighted by atomic mass is 10.0. The summed E-state index contributed by atoms with van der Waals surface area (Å²) in [5, 5.41) is 8.64. The topological polar surface area (TPSA) is 40.5 Å². The van der Waals surface area contributed by atoms with Gasteiger partial charge in [0.2, 0.25) is 0 Å². The summed E-state index contributed by atoms with van der Waals surface area (Å²) in [5.74, 6) is -0.308. The maximum Gasteiger partial charge on any atom is 0.303 e. The highest BCUT2D eigenvalue weighted by Gasteiger charge is 2.30. The fourth-order valence-electron chi connectivity index (χ4n) is 1.86. The fourth-order valence-corrected chi connectivity index (χ4v) is 1.86. The summed E-state index contributed by atoms with van der Waals surface area (Å²) in [6.07, 6.45) is 1.36. The zero-order valence-electron chi connectivity index (χ0n) is 8.71. The van der Waals surface area contributed by atoms with Crippen LogP contribution in [0.15, 0.2) is 0 Å². The molecule has 1 unspecified atom stereocenters. The first-order valence-corrected chi connectivity index (χ1v) is 4.86. The second-order valence-electron chi connectivity index (χ2n) is 4.87. The number of aliphatic carboxylic acids is 1. The van der Waals surface area contributed by atoms with Crippen molar-refractivity contribution in [2.75, 3.05) is 13.1 Å². The van der Waals surface area contributed by atoms with E-state index in [-0.39, 0.29) is 5.54 Å². The molecule has 0 aliphatic carbocycles. The SMILES string of the molecule is CC(C)(C)N1CCC(CC(=O)O)C1. The van der Waals surface area contributed by atoms with Gasteiger partial charge in [0.15, 0.2) is 0 Å². The van der Waals surface area contributed by atoms with Crippen molar-refractivity contribution in [3.8, 4) is 0 Å². The maximum atomic E-state index is 10.5.